The first-order valence-electron chi connectivity index (χ1n) is 3.02. The van der Waals surface area contributed by atoms with Gasteiger partial charge in [0.05, 0.1) is 4.92 Å². The van der Waals surface area contributed by atoms with Crippen LogP contribution in [0.5, 0.6) is 0 Å². The molecule has 5 heteroatoms. The summed E-state index contributed by atoms with van der Waals surface area (Å²) in [6, 6.07) is 0. The molecule has 1 atom stereocenters. The van der Waals surface area contributed by atoms with E-state index in [9.17, 15) is 10.1 Å². The normalized spacial score (nSPS) is 24.1. The van der Waals surface area contributed by atoms with E-state index in [1.807, 2.05) is 11.5 Å². The molecular formula is C6H6ClNO2S. The Kier molecular flexibility index (Phi) is 2.96. The first-order chi connectivity index (χ1) is 5.20. The van der Waals surface area contributed by atoms with Crippen molar-refractivity contribution in [3.05, 3.63) is 32.8 Å². The van der Waals surface area contributed by atoms with Gasteiger partial charge in [0, 0.05) is 11.3 Å². The highest BCUT2D eigenvalue weighted by molar-refractivity contribution is 8.03. The van der Waals surface area contributed by atoms with Crippen molar-refractivity contribution in [2.24, 2.45) is 0 Å². The molecule has 3 nitrogen and oxygen atoms in total. The molecule has 11 heavy (non-hydrogen) atoms. The van der Waals surface area contributed by atoms with Gasteiger partial charge in [-0.1, -0.05) is 6.08 Å². The third-order valence-electron chi connectivity index (χ3n) is 1.22. The summed E-state index contributed by atoms with van der Waals surface area (Å²) in [6.07, 6.45) is 4.26. The van der Waals surface area contributed by atoms with Crippen LogP contribution in [0, 0.1) is 10.1 Å². The average molecular weight is 192 g/mol. The summed E-state index contributed by atoms with van der Waals surface area (Å²) in [4.78, 5) is 9.48. The molecule has 0 N–H and O–H groups in total. The lowest BCUT2D eigenvalue weighted by molar-refractivity contribution is -0.412. The van der Waals surface area contributed by atoms with Gasteiger partial charge in [-0.2, -0.15) is 0 Å². The summed E-state index contributed by atoms with van der Waals surface area (Å²) in [6.45, 7) is 0. The van der Waals surface area contributed by atoms with Crippen molar-refractivity contribution in [1.29, 1.82) is 0 Å². The Morgan fingerprint density at radius 1 is 1.91 bits per heavy atom. The van der Waals surface area contributed by atoms with Crippen LogP contribution in [0.2, 0.25) is 0 Å². The van der Waals surface area contributed by atoms with Gasteiger partial charge in [-0.3, -0.25) is 10.1 Å². The Balaban J connectivity index is 2.51. The lowest BCUT2D eigenvalue weighted by atomic mass is 10.3. The van der Waals surface area contributed by atoms with Gasteiger partial charge < -0.3 is 0 Å². The molecule has 60 valence electrons. The molecule has 0 bridgehead atoms. The summed E-state index contributed by atoms with van der Waals surface area (Å²) in [7, 11) is 0. The largest absolute Gasteiger partial charge is 0.334 e. The smallest absolute Gasteiger partial charge is 0.257 e. The van der Waals surface area contributed by atoms with E-state index in [0.717, 1.165) is 6.42 Å². The molecule has 0 radical (unpaired) electrons. The Bertz CT molecular complexity index is 219. The number of thioether (sulfide) groups is 1. The molecule has 0 saturated heterocycles. The average Bonchev–Trinajstić information content (AvgIpc) is 2.39. The molecule has 0 saturated carbocycles. The van der Waals surface area contributed by atoms with Crippen LogP contribution in [-0.4, -0.2) is 10.2 Å². The molecule has 1 aliphatic rings. The van der Waals surface area contributed by atoms with E-state index in [1.54, 1.807) is 11.8 Å². The van der Waals surface area contributed by atoms with Crippen LogP contribution in [-0.2, 0) is 0 Å². The van der Waals surface area contributed by atoms with Gasteiger partial charge in [0.15, 0.2) is 0 Å². The lowest BCUT2D eigenvalue weighted by Crippen LogP contribution is -1.97. The van der Waals surface area contributed by atoms with Crippen LogP contribution in [0.1, 0.15) is 6.42 Å². The van der Waals surface area contributed by atoms with Crippen molar-refractivity contribution in [2.45, 2.75) is 11.7 Å². The minimum absolute atomic E-state index is 0.146. The highest BCUT2D eigenvalue weighted by atomic mass is 35.5. The number of hydrogen-bond acceptors (Lipinski definition) is 3. The number of nitro groups is 1. The summed E-state index contributed by atoms with van der Waals surface area (Å²) in [5, 5.41) is 11.8. The van der Waals surface area contributed by atoms with E-state index in [-0.39, 0.29) is 10.4 Å². The summed E-state index contributed by atoms with van der Waals surface area (Å²) in [5.41, 5.74) is 0. The number of halogens is 1. The van der Waals surface area contributed by atoms with Gasteiger partial charge in [0.25, 0.3) is 0 Å². The second kappa shape index (κ2) is 3.78. The second-order valence-electron chi connectivity index (χ2n) is 2.03. The van der Waals surface area contributed by atoms with Crippen molar-refractivity contribution in [2.75, 3.05) is 0 Å². The SMILES string of the molecule is O=[N+]([O-])/C(Cl)=C/C1CC=CS1. The summed E-state index contributed by atoms with van der Waals surface area (Å²) >= 11 is 6.86. The van der Waals surface area contributed by atoms with Crippen LogP contribution < -0.4 is 0 Å². The van der Waals surface area contributed by atoms with E-state index in [1.165, 1.54) is 6.08 Å². The minimum atomic E-state index is -0.583. The Morgan fingerprint density at radius 2 is 2.64 bits per heavy atom. The Labute approximate surface area is 73.3 Å². The van der Waals surface area contributed by atoms with Crippen LogP contribution in [0.15, 0.2) is 22.7 Å². The van der Waals surface area contributed by atoms with Crippen LogP contribution >= 0.6 is 23.4 Å². The van der Waals surface area contributed by atoms with Gasteiger partial charge in [-0.15, -0.1) is 11.8 Å². The molecule has 0 spiro atoms. The molecule has 0 aliphatic carbocycles. The molecule has 1 aliphatic heterocycles. The quantitative estimate of drug-likeness (QED) is 0.382. The molecular weight excluding hydrogens is 186 g/mol. The van der Waals surface area contributed by atoms with Gasteiger partial charge >= 0.3 is 5.16 Å². The summed E-state index contributed by atoms with van der Waals surface area (Å²) < 4.78 is 0. The molecule has 0 aromatic heterocycles. The number of allylic oxidation sites excluding steroid dienone is 1. The zero-order valence-electron chi connectivity index (χ0n) is 5.57. The lowest BCUT2D eigenvalue weighted by Gasteiger charge is -1.97. The van der Waals surface area contributed by atoms with E-state index in [4.69, 9.17) is 11.6 Å². The van der Waals surface area contributed by atoms with Crippen molar-refractivity contribution < 1.29 is 4.92 Å². The Morgan fingerprint density at radius 3 is 3.09 bits per heavy atom. The predicted molar refractivity (Wildman–Crippen MR) is 46.1 cm³/mol. The minimum Gasteiger partial charge on any atom is -0.257 e. The monoisotopic (exact) mass is 191 g/mol. The number of hydrogen-bond donors (Lipinski definition) is 0. The zero-order chi connectivity index (χ0) is 8.27. The highest BCUT2D eigenvalue weighted by Gasteiger charge is 2.13. The van der Waals surface area contributed by atoms with E-state index in [0.29, 0.717) is 0 Å². The fourth-order valence-corrected chi connectivity index (χ4v) is 1.80. The van der Waals surface area contributed by atoms with Gasteiger partial charge in [-0.25, -0.2) is 0 Å². The molecule has 1 unspecified atom stereocenters. The third kappa shape index (κ3) is 2.55. The van der Waals surface area contributed by atoms with Gasteiger partial charge in [-0.05, 0) is 23.4 Å². The van der Waals surface area contributed by atoms with Crippen molar-refractivity contribution >= 4 is 23.4 Å². The fraction of sp³-hybridized carbons (Fsp3) is 0.333. The molecule has 0 aromatic carbocycles. The molecule has 0 amide bonds. The summed E-state index contributed by atoms with van der Waals surface area (Å²) in [5.74, 6) is 0. The standard InChI is InChI=1S/C6H6ClNO2S/c7-6(8(9)10)4-5-2-1-3-11-5/h1,3-5H,2H2/b6-4+. The first-order valence-corrected chi connectivity index (χ1v) is 4.34. The van der Waals surface area contributed by atoms with Crippen LogP contribution in [0.4, 0.5) is 0 Å². The fourth-order valence-electron chi connectivity index (χ4n) is 0.723. The molecule has 1 heterocycles. The van der Waals surface area contributed by atoms with Crippen molar-refractivity contribution in [1.82, 2.24) is 0 Å². The maximum Gasteiger partial charge on any atom is 0.334 e. The van der Waals surface area contributed by atoms with E-state index >= 15 is 0 Å². The molecule has 0 fully saturated rings. The van der Waals surface area contributed by atoms with E-state index < -0.39 is 4.92 Å². The topological polar surface area (TPSA) is 43.1 Å². The predicted octanol–water partition coefficient (Wildman–Crippen LogP) is 2.36. The number of nitrogens with zero attached hydrogens (tertiary/aromatic N) is 1. The van der Waals surface area contributed by atoms with Crippen molar-refractivity contribution in [3.63, 3.8) is 0 Å². The molecule has 1 rings (SSSR count). The van der Waals surface area contributed by atoms with Gasteiger partial charge in [0.2, 0.25) is 0 Å². The number of rotatable bonds is 2. The first kappa shape index (κ1) is 8.62. The van der Waals surface area contributed by atoms with Crippen LogP contribution in [0.3, 0.4) is 0 Å². The highest BCUT2D eigenvalue weighted by Crippen LogP contribution is 2.26. The third-order valence-corrected chi connectivity index (χ3v) is 2.51. The molecule has 0 aromatic rings. The van der Waals surface area contributed by atoms with E-state index in [2.05, 4.69) is 0 Å². The maximum atomic E-state index is 10.1. The van der Waals surface area contributed by atoms with Crippen molar-refractivity contribution in [3.8, 4) is 0 Å². The van der Waals surface area contributed by atoms with Crippen LogP contribution in [0.25, 0.3) is 0 Å². The maximum absolute atomic E-state index is 10.1. The zero-order valence-corrected chi connectivity index (χ0v) is 7.14. The second-order valence-corrected chi connectivity index (χ2v) is 3.57. The van der Waals surface area contributed by atoms with Gasteiger partial charge in [0.1, 0.15) is 0 Å². The Hall–Kier alpha value is -0.480.